The minimum absolute atomic E-state index is 0.473. The number of hydrogen-bond donors (Lipinski definition) is 1. The van der Waals surface area contributed by atoms with Crippen molar-refractivity contribution in [1.82, 2.24) is 20.1 Å². The highest BCUT2D eigenvalue weighted by Crippen LogP contribution is 2.55. The predicted molar refractivity (Wildman–Crippen MR) is 127 cm³/mol. The molecule has 2 aromatic carbocycles. The van der Waals surface area contributed by atoms with E-state index in [1.807, 2.05) is 18.6 Å². The lowest BCUT2D eigenvalue weighted by atomic mass is 9.70. The highest BCUT2D eigenvalue weighted by Gasteiger charge is 2.47. The van der Waals surface area contributed by atoms with Gasteiger partial charge in [-0.3, -0.25) is 10.1 Å². The first kappa shape index (κ1) is 18.9. The van der Waals surface area contributed by atoms with Crippen molar-refractivity contribution in [3.8, 4) is 11.1 Å². The largest absolute Gasteiger partial charge is 0.359 e. The van der Waals surface area contributed by atoms with Crippen molar-refractivity contribution in [3.05, 3.63) is 113 Å². The smallest absolute Gasteiger partial charge is 0.0943 e. The first-order valence-corrected chi connectivity index (χ1v) is 10.9. The number of hydrogen-bond acceptors (Lipinski definition) is 4. The number of aromatic nitrogens is 3. The number of allylic oxidation sites excluding steroid dienone is 2. The maximum absolute atomic E-state index is 4.46. The molecule has 158 valence electrons. The Morgan fingerprint density at radius 1 is 0.875 bits per heavy atom. The predicted octanol–water partition coefficient (Wildman–Crippen LogP) is 5.13. The van der Waals surface area contributed by atoms with Gasteiger partial charge in [-0.2, -0.15) is 5.10 Å². The Kier molecular flexibility index (Phi) is 4.02. The Hall–Kier alpha value is -3.86. The van der Waals surface area contributed by atoms with Crippen LogP contribution < -0.4 is 4.90 Å². The van der Waals surface area contributed by atoms with Crippen molar-refractivity contribution in [1.29, 1.82) is 0 Å². The SMILES string of the molecule is CC1=C(C)N(c2cccc(C3(c4ccn[nH]4)c4ccccc4-c4cnccc43)c2)CN1C. The van der Waals surface area contributed by atoms with E-state index in [4.69, 9.17) is 0 Å². The van der Waals surface area contributed by atoms with E-state index in [1.165, 1.54) is 44.9 Å². The molecule has 2 aromatic heterocycles. The molecule has 0 amide bonds. The molecule has 6 rings (SSSR count). The monoisotopic (exact) mass is 419 g/mol. The van der Waals surface area contributed by atoms with Crippen molar-refractivity contribution >= 4 is 5.69 Å². The summed E-state index contributed by atoms with van der Waals surface area (Å²) in [6, 6.07) is 21.9. The molecule has 1 aliphatic heterocycles. The molecule has 0 spiro atoms. The number of H-pyrrole nitrogens is 1. The fourth-order valence-corrected chi connectivity index (χ4v) is 5.43. The number of fused-ring (bicyclic) bond motifs is 3. The minimum atomic E-state index is -0.473. The highest BCUT2D eigenvalue weighted by atomic mass is 15.4. The van der Waals surface area contributed by atoms with E-state index >= 15 is 0 Å². The van der Waals surface area contributed by atoms with Crippen molar-refractivity contribution < 1.29 is 0 Å². The fraction of sp³-hybridized carbons (Fsp3) is 0.185. The molecule has 5 nitrogen and oxygen atoms in total. The van der Waals surface area contributed by atoms with Gasteiger partial charge in [0, 0.05) is 48.3 Å². The van der Waals surface area contributed by atoms with Crippen LogP contribution in [0, 0.1) is 0 Å². The number of aromatic amines is 1. The zero-order chi connectivity index (χ0) is 21.9. The van der Waals surface area contributed by atoms with Gasteiger partial charge in [-0.25, -0.2) is 0 Å². The third-order valence-electron chi connectivity index (χ3n) is 7.20. The molecule has 1 unspecified atom stereocenters. The van der Waals surface area contributed by atoms with E-state index in [2.05, 4.69) is 107 Å². The Labute approximate surface area is 188 Å². The number of rotatable bonds is 3. The van der Waals surface area contributed by atoms with Crippen LogP contribution in [0.25, 0.3) is 11.1 Å². The molecule has 4 aromatic rings. The maximum atomic E-state index is 4.46. The highest BCUT2D eigenvalue weighted by molar-refractivity contribution is 5.85. The third-order valence-corrected chi connectivity index (χ3v) is 7.20. The van der Waals surface area contributed by atoms with Gasteiger partial charge in [0.15, 0.2) is 0 Å². The normalized spacial score (nSPS) is 19.5. The van der Waals surface area contributed by atoms with Gasteiger partial charge in [-0.1, -0.05) is 36.4 Å². The van der Waals surface area contributed by atoms with E-state index in [0.29, 0.717) is 0 Å². The summed E-state index contributed by atoms with van der Waals surface area (Å²) < 4.78 is 0. The topological polar surface area (TPSA) is 48.1 Å². The second-order valence-electron chi connectivity index (χ2n) is 8.68. The number of pyridine rings is 1. The van der Waals surface area contributed by atoms with Crippen LogP contribution in [-0.4, -0.2) is 33.8 Å². The van der Waals surface area contributed by atoms with Gasteiger partial charge >= 0.3 is 0 Å². The average Bonchev–Trinajstić information content (AvgIpc) is 3.53. The van der Waals surface area contributed by atoms with E-state index in [-0.39, 0.29) is 0 Å². The average molecular weight is 420 g/mol. The van der Waals surface area contributed by atoms with Gasteiger partial charge in [-0.15, -0.1) is 0 Å². The van der Waals surface area contributed by atoms with Gasteiger partial charge in [0.25, 0.3) is 0 Å². The van der Waals surface area contributed by atoms with Crippen LogP contribution in [0.4, 0.5) is 5.69 Å². The molecule has 0 saturated heterocycles. The molecule has 5 heteroatoms. The van der Waals surface area contributed by atoms with Gasteiger partial charge < -0.3 is 9.80 Å². The summed E-state index contributed by atoms with van der Waals surface area (Å²) in [5.41, 5.74) is 10.5. The first-order chi connectivity index (χ1) is 15.6. The quantitative estimate of drug-likeness (QED) is 0.441. The molecule has 1 aliphatic carbocycles. The summed E-state index contributed by atoms with van der Waals surface area (Å²) in [6.45, 7) is 5.24. The second-order valence-corrected chi connectivity index (χ2v) is 8.68. The summed E-state index contributed by atoms with van der Waals surface area (Å²) in [4.78, 5) is 9.13. The van der Waals surface area contributed by atoms with Crippen LogP contribution >= 0.6 is 0 Å². The number of nitrogens with zero attached hydrogens (tertiary/aromatic N) is 4. The van der Waals surface area contributed by atoms with Crippen LogP contribution in [0.5, 0.6) is 0 Å². The molecule has 1 atom stereocenters. The van der Waals surface area contributed by atoms with Crippen molar-refractivity contribution in [3.63, 3.8) is 0 Å². The van der Waals surface area contributed by atoms with Crippen molar-refractivity contribution in [2.75, 3.05) is 18.6 Å². The van der Waals surface area contributed by atoms with Crippen molar-refractivity contribution in [2.45, 2.75) is 19.3 Å². The molecule has 0 bridgehead atoms. The zero-order valence-corrected chi connectivity index (χ0v) is 18.5. The van der Waals surface area contributed by atoms with Gasteiger partial charge in [0.05, 0.1) is 17.8 Å². The maximum Gasteiger partial charge on any atom is 0.0943 e. The van der Waals surface area contributed by atoms with E-state index in [1.54, 1.807) is 0 Å². The Balaban J connectivity index is 1.64. The molecular weight excluding hydrogens is 394 g/mol. The van der Waals surface area contributed by atoms with Crippen LogP contribution in [0.2, 0.25) is 0 Å². The van der Waals surface area contributed by atoms with E-state index in [9.17, 15) is 0 Å². The summed E-state index contributed by atoms with van der Waals surface area (Å²) in [6.07, 6.45) is 5.72. The molecule has 1 N–H and O–H groups in total. The Bertz CT molecular complexity index is 1310. The van der Waals surface area contributed by atoms with E-state index < -0.39 is 5.41 Å². The molecule has 0 fully saturated rings. The lowest BCUT2D eigenvalue weighted by Gasteiger charge is -2.33. The van der Waals surface area contributed by atoms with Crippen LogP contribution in [0.1, 0.15) is 36.2 Å². The number of benzene rings is 2. The van der Waals surface area contributed by atoms with Crippen LogP contribution in [0.15, 0.2) is 90.6 Å². The third kappa shape index (κ3) is 2.39. The molecule has 3 heterocycles. The molecular formula is C27H25N5. The van der Waals surface area contributed by atoms with Crippen LogP contribution in [0.3, 0.4) is 0 Å². The summed E-state index contributed by atoms with van der Waals surface area (Å²) in [5, 5.41) is 7.66. The standard InChI is InChI=1S/C27H25N5/c1-18-19(2)32(17-31(18)3)21-8-6-7-20(15-21)27(26-12-14-29-30-26)24-10-5-4-9-22(24)23-16-28-13-11-25(23)27/h4-16H,17H2,1-3H3,(H,29,30). The molecule has 0 saturated carbocycles. The van der Waals surface area contributed by atoms with Gasteiger partial charge in [-0.05, 0) is 60.4 Å². The number of nitrogens with one attached hydrogen (secondary N) is 1. The lowest BCUT2D eigenvalue weighted by Crippen LogP contribution is -2.30. The lowest BCUT2D eigenvalue weighted by molar-refractivity contribution is 0.460. The molecule has 32 heavy (non-hydrogen) atoms. The van der Waals surface area contributed by atoms with E-state index in [0.717, 1.165) is 12.4 Å². The van der Waals surface area contributed by atoms with Gasteiger partial charge in [0.2, 0.25) is 0 Å². The summed E-state index contributed by atoms with van der Waals surface area (Å²) >= 11 is 0. The second kappa shape index (κ2) is 6.82. The minimum Gasteiger partial charge on any atom is -0.359 e. The fourth-order valence-electron chi connectivity index (χ4n) is 5.43. The summed E-state index contributed by atoms with van der Waals surface area (Å²) in [7, 11) is 2.14. The molecule has 2 aliphatic rings. The number of anilines is 1. The molecule has 0 radical (unpaired) electrons. The first-order valence-electron chi connectivity index (χ1n) is 10.9. The Morgan fingerprint density at radius 2 is 1.72 bits per heavy atom. The van der Waals surface area contributed by atoms with Crippen molar-refractivity contribution in [2.24, 2.45) is 0 Å². The zero-order valence-electron chi connectivity index (χ0n) is 18.5. The Morgan fingerprint density at radius 3 is 2.50 bits per heavy atom. The van der Waals surface area contributed by atoms with Gasteiger partial charge in [0.1, 0.15) is 0 Å². The van der Waals surface area contributed by atoms with Crippen LogP contribution in [-0.2, 0) is 5.41 Å². The summed E-state index contributed by atoms with van der Waals surface area (Å²) in [5.74, 6) is 0.